The van der Waals surface area contributed by atoms with E-state index in [0.717, 1.165) is 23.7 Å². The molecule has 2 aliphatic rings. The molecule has 1 fully saturated rings. The normalized spacial score (nSPS) is 25.1. The molecule has 2 N–H and O–H groups in total. The van der Waals surface area contributed by atoms with Crippen molar-refractivity contribution in [1.82, 2.24) is 15.1 Å². The van der Waals surface area contributed by atoms with Gasteiger partial charge in [0.05, 0.1) is 24.6 Å². The Kier molecular flexibility index (Phi) is 4.58. The van der Waals surface area contributed by atoms with Crippen LogP contribution in [0.25, 0.3) is 0 Å². The van der Waals surface area contributed by atoms with Crippen LogP contribution in [0.5, 0.6) is 0 Å². The molecule has 4 heterocycles. The molecule has 0 bridgehead atoms. The highest BCUT2D eigenvalue weighted by Gasteiger charge is 2.47. The standard InChI is InChI=1S/C17H19F3N4O3/c18-17(19,20)14-7-12(13-4-2-6-27-13)23-15-11(9-22-24(14)15)16(25)21-8-10-3-1-5-26-10/h2,4,6,9-10,12,14,23H,1,3,5,7-8H2,(H,21,25). The van der Waals surface area contributed by atoms with E-state index >= 15 is 0 Å². The van der Waals surface area contributed by atoms with Gasteiger partial charge in [-0.3, -0.25) is 4.79 Å². The predicted octanol–water partition coefficient (Wildman–Crippen LogP) is 3.05. The highest BCUT2D eigenvalue weighted by molar-refractivity contribution is 5.98. The number of alkyl halides is 3. The molecule has 146 valence electrons. The van der Waals surface area contributed by atoms with Crippen molar-refractivity contribution < 1.29 is 27.1 Å². The van der Waals surface area contributed by atoms with Crippen LogP contribution in [-0.4, -0.2) is 41.1 Å². The molecule has 2 aromatic heterocycles. The number of hydrogen-bond acceptors (Lipinski definition) is 5. The van der Waals surface area contributed by atoms with Crippen molar-refractivity contribution in [3.05, 3.63) is 35.9 Å². The van der Waals surface area contributed by atoms with Crippen molar-refractivity contribution in [2.24, 2.45) is 0 Å². The Bertz CT molecular complexity index is 797. The number of rotatable bonds is 4. The van der Waals surface area contributed by atoms with E-state index in [4.69, 9.17) is 9.15 Å². The minimum atomic E-state index is -4.50. The molecular formula is C17H19F3N4O3. The zero-order valence-corrected chi connectivity index (χ0v) is 14.3. The number of nitrogens with zero attached hydrogens (tertiary/aromatic N) is 2. The smallest absolute Gasteiger partial charge is 0.410 e. The van der Waals surface area contributed by atoms with E-state index in [1.807, 2.05) is 0 Å². The maximum atomic E-state index is 13.6. The molecule has 1 saturated heterocycles. The van der Waals surface area contributed by atoms with Gasteiger partial charge in [0.1, 0.15) is 17.1 Å². The molecule has 0 radical (unpaired) electrons. The van der Waals surface area contributed by atoms with Crippen molar-refractivity contribution in [3.63, 3.8) is 0 Å². The fourth-order valence-electron chi connectivity index (χ4n) is 3.51. The van der Waals surface area contributed by atoms with E-state index in [1.54, 1.807) is 12.1 Å². The summed E-state index contributed by atoms with van der Waals surface area (Å²) in [4.78, 5) is 12.5. The van der Waals surface area contributed by atoms with E-state index < -0.39 is 24.2 Å². The van der Waals surface area contributed by atoms with Gasteiger partial charge in [0, 0.05) is 19.6 Å². The Morgan fingerprint density at radius 1 is 1.44 bits per heavy atom. The summed E-state index contributed by atoms with van der Waals surface area (Å²) in [5.41, 5.74) is 0.0681. The summed E-state index contributed by atoms with van der Waals surface area (Å²) in [6, 6.07) is 0.666. The molecule has 1 amide bonds. The number of aromatic nitrogens is 2. The number of hydrogen-bond donors (Lipinski definition) is 2. The lowest BCUT2D eigenvalue weighted by Crippen LogP contribution is -2.37. The monoisotopic (exact) mass is 384 g/mol. The Morgan fingerprint density at radius 3 is 2.96 bits per heavy atom. The van der Waals surface area contributed by atoms with Gasteiger partial charge < -0.3 is 19.8 Å². The van der Waals surface area contributed by atoms with Crippen molar-refractivity contribution in [1.29, 1.82) is 0 Å². The molecule has 0 aromatic carbocycles. The van der Waals surface area contributed by atoms with E-state index in [1.165, 1.54) is 6.26 Å². The van der Waals surface area contributed by atoms with Crippen LogP contribution in [0, 0.1) is 0 Å². The molecular weight excluding hydrogens is 365 g/mol. The molecule has 27 heavy (non-hydrogen) atoms. The Hall–Kier alpha value is -2.49. The second-order valence-electron chi connectivity index (χ2n) is 6.70. The van der Waals surface area contributed by atoms with Crippen LogP contribution in [0.15, 0.2) is 29.0 Å². The van der Waals surface area contributed by atoms with E-state index in [2.05, 4.69) is 15.7 Å². The van der Waals surface area contributed by atoms with Crippen LogP contribution in [0.1, 0.15) is 47.5 Å². The minimum absolute atomic E-state index is 0.0369. The SMILES string of the molecule is O=C(NCC1CCCO1)c1cnn2c1NC(c1ccco1)CC2C(F)(F)F. The summed E-state index contributed by atoms with van der Waals surface area (Å²) in [5, 5.41) is 9.52. The Labute approximate surface area is 152 Å². The molecule has 10 heteroatoms. The molecule has 3 atom stereocenters. The number of amides is 1. The van der Waals surface area contributed by atoms with Crippen LogP contribution < -0.4 is 10.6 Å². The average Bonchev–Trinajstić information content (AvgIpc) is 3.39. The molecule has 4 rings (SSSR count). The third-order valence-electron chi connectivity index (χ3n) is 4.88. The number of carbonyl (C=O) groups is 1. The van der Waals surface area contributed by atoms with Crippen molar-refractivity contribution in [3.8, 4) is 0 Å². The maximum Gasteiger partial charge on any atom is 0.410 e. The van der Waals surface area contributed by atoms with Gasteiger partial charge in [-0.2, -0.15) is 18.3 Å². The first-order valence-electron chi connectivity index (χ1n) is 8.77. The van der Waals surface area contributed by atoms with Crippen molar-refractivity contribution in [2.75, 3.05) is 18.5 Å². The van der Waals surface area contributed by atoms with E-state index in [-0.39, 0.29) is 23.9 Å². The average molecular weight is 384 g/mol. The molecule has 0 aliphatic carbocycles. The van der Waals surface area contributed by atoms with Crippen LogP contribution in [0.3, 0.4) is 0 Å². The largest absolute Gasteiger partial charge is 0.467 e. The van der Waals surface area contributed by atoms with Crippen LogP contribution >= 0.6 is 0 Å². The molecule has 3 unspecified atom stereocenters. The maximum absolute atomic E-state index is 13.6. The van der Waals surface area contributed by atoms with Crippen LogP contribution in [0.4, 0.5) is 19.0 Å². The minimum Gasteiger partial charge on any atom is -0.467 e. The number of furan rings is 1. The molecule has 0 saturated carbocycles. The van der Waals surface area contributed by atoms with Gasteiger partial charge >= 0.3 is 6.18 Å². The van der Waals surface area contributed by atoms with Crippen LogP contribution in [-0.2, 0) is 4.74 Å². The fraction of sp³-hybridized carbons (Fsp3) is 0.529. The number of halogens is 3. The van der Waals surface area contributed by atoms with Gasteiger partial charge in [0.2, 0.25) is 0 Å². The summed E-state index contributed by atoms with van der Waals surface area (Å²) in [6.45, 7) is 0.969. The summed E-state index contributed by atoms with van der Waals surface area (Å²) in [5.74, 6) is -0.0718. The number of carbonyl (C=O) groups excluding carboxylic acids is 1. The topological polar surface area (TPSA) is 81.3 Å². The molecule has 7 nitrogen and oxygen atoms in total. The summed E-state index contributed by atoms with van der Waals surface area (Å²) in [6.07, 6.45) is -0.490. The number of anilines is 1. The zero-order chi connectivity index (χ0) is 19.0. The zero-order valence-electron chi connectivity index (χ0n) is 14.3. The lowest BCUT2D eigenvalue weighted by atomic mass is 10.0. The highest BCUT2D eigenvalue weighted by Crippen LogP contribution is 2.44. The molecule has 2 aromatic rings. The first kappa shape index (κ1) is 17.9. The summed E-state index contributed by atoms with van der Waals surface area (Å²) in [7, 11) is 0. The van der Waals surface area contributed by atoms with Gasteiger partial charge in [-0.15, -0.1) is 0 Å². The number of ether oxygens (including phenoxy) is 1. The van der Waals surface area contributed by atoms with Crippen LogP contribution in [0.2, 0.25) is 0 Å². The summed E-state index contributed by atoms with van der Waals surface area (Å²) >= 11 is 0. The molecule has 0 spiro atoms. The Morgan fingerprint density at radius 2 is 2.30 bits per heavy atom. The van der Waals surface area contributed by atoms with Gasteiger partial charge in [-0.05, 0) is 25.0 Å². The highest BCUT2D eigenvalue weighted by atomic mass is 19.4. The van der Waals surface area contributed by atoms with Gasteiger partial charge in [-0.1, -0.05) is 0 Å². The predicted molar refractivity (Wildman–Crippen MR) is 88.3 cm³/mol. The van der Waals surface area contributed by atoms with E-state index in [0.29, 0.717) is 18.9 Å². The quantitative estimate of drug-likeness (QED) is 0.847. The van der Waals surface area contributed by atoms with Crippen molar-refractivity contribution >= 4 is 11.7 Å². The number of fused-ring (bicyclic) bond motifs is 1. The third-order valence-corrected chi connectivity index (χ3v) is 4.88. The summed E-state index contributed by atoms with van der Waals surface area (Å²) < 4.78 is 52.2. The Balaban J connectivity index is 1.59. The van der Waals surface area contributed by atoms with E-state index in [9.17, 15) is 18.0 Å². The second-order valence-corrected chi connectivity index (χ2v) is 6.70. The first-order valence-corrected chi connectivity index (χ1v) is 8.77. The number of nitrogens with one attached hydrogen (secondary N) is 2. The van der Waals surface area contributed by atoms with Crippen molar-refractivity contribution in [2.45, 2.75) is 43.6 Å². The third kappa shape index (κ3) is 3.53. The van der Waals surface area contributed by atoms with Gasteiger partial charge in [-0.25, -0.2) is 4.68 Å². The van der Waals surface area contributed by atoms with Gasteiger partial charge in [0.15, 0.2) is 6.04 Å². The molecule has 2 aliphatic heterocycles. The lowest BCUT2D eigenvalue weighted by Gasteiger charge is -2.32. The second kappa shape index (κ2) is 6.91. The first-order chi connectivity index (χ1) is 12.9. The van der Waals surface area contributed by atoms with Gasteiger partial charge in [0.25, 0.3) is 5.91 Å². The fourth-order valence-corrected chi connectivity index (χ4v) is 3.51. The lowest BCUT2D eigenvalue weighted by molar-refractivity contribution is -0.174.